The summed E-state index contributed by atoms with van der Waals surface area (Å²) in [4.78, 5) is 4.26. The van der Waals surface area contributed by atoms with E-state index < -0.39 is 0 Å². The minimum Gasteiger partial charge on any atom is -0.384 e. The van der Waals surface area contributed by atoms with Crippen molar-refractivity contribution in [1.82, 2.24) is 4.98 Å². The molecule has 3 heteroatoms. The highest BCUT2D eigenvalue weighted by Crippen LogP contribution is 2.17. The highest BCUT2D eigenvalue weighted by Gasteiger charge is 2.00. The molecule has 3 nitrogen and oxygen atoms in total. The van der Waals surface area contributed by atoms with Crippen molar-refractivity contribution in [1.29, 1.82) is 0 Å². The van der Waals surface area contributed by atoms with Crippen molar-refractivity contribution in [2.24, 2.45) is 0 Å². The standard InChI is InChI=1S/C18H25N3/c1-4-9-20-17-10-18(13-19-12-17)21-11-15-5-7-16(8-6-15)14(2)3/h5-8,10,12-14,20-21H,4,9,11H2,1-3H3. The fraction of sp³-hybridized carbons (Fsp3) is 0.389. The summed E-state index contributed by atoms with van der Waals surface area (Å²) in [5, 5.41) is 6.77. The van der Waals surface area contributed by atoms with E-state index in [2.05, 4.69) is 66.7 Å². The maximum Gasteiger partial charge on any atom is 0.0550 e. The van der Waals surface area contributed by atoms with Crippen LogP contribution in [0.25, 0.3) is 0 Å². The molecule has 0 aliphatic heterocycles. The smallest absolute Gasteiger partial charge is 0.0550 e. The van der Waals surface area contributed by atoms with Crippen molar-refractivity contribution in [2.45, 2.75) is 39.7 Å². The van der Waals surface area contributed by atoms with Gasteiger partial charge in [0.2, 0.25) is 0 Å². The number of nitrogens with zero attached hydrogens (tertiary/aromatic N) is 1. The molecule has 0 spiro atoms. The highest BCUT2D eigenvalue weighted by molar-refractivity contribution is 5.54. The molecule has 2 aromatic rings. The second-order valence-electron chi connectivity index (χ2n) is 5.64. The monoisotopic (exact) mass is 283 g/mol. The zero-order valence-electron chi connectivity index (χ0n) is 13.2. The van der Waals surface area contributed by atoms with E-state index >= 15 is 0 Å². The van der Waals surface area contributed by atoms with Crippen LogP contribution in [0.2, 0.25) is 0 Å². The molecule has 1 aromatic carbocycles. The summed E-state index contributed by atoms with van der Waals surface area (Å²) in [6, 6.07) is 10.9. The predicted octanol–water partition coefficient (Wildman–Crippen LogP) is 4.64. The fourth-order valence-electron chi connectivity index (χ4n) is 2.13. The van der Waals surface area contributed by atoms with Crippen LogP contribution < -0.4 is 10.6 Å². The van der Waals surface area contributed by atoms with Gasteiger partial charge in [-0.3, -0.25) is 4.98 Å². The summed E-state index contributed by atoms with van der Waals surface area (Å²) in [7, 11) is 0. The maximum absolute atomic E-state index is 4.26. The Kier molecular flexibility index (Phi) is 5.61. The first-order valence-electron chi connectivity index (χ1n) is 7.70. The number of hydrogen-bond donors (Lipinski definition) is 2. The largest absolute Gasteiger partial charge is 0.384 e. The zero-order chi connectivity index (χ0) is 15.1. The maximum atomic E-state index is 4.26. The average molecular weight is 283 g/mol. The lowest BCUT2D eigenvalue weighted by Crippen LogP contribution is -2.03. The number of aromatic nitrogens is 1. The topological polar surface area (TPSA) is 37.0 Å². The van der Waals surface area contributed by atoms with E-state index in [0.29, 0.717) is 5.92 Å². The highest BCUT2D eigenvalue weighted by atomic mass is 14.9. The summed E-state index contributed by atoms with van der Waals surface area (Å²) in [5.41, 5.74) is 4.78. The first-order chi connectivity index (χ1) is 10.2. The van der Waals surface area contributed by atoms with Crippen LogP contribution in [0, 0.1) is 0 Å². The Labute approximate surface area is 127 Å². The minimum absolute atomic E-state index is 0.581. The number of anilines is 2. The quantitative estimate of drug-likeness (QED) is 0.777. The molecule has 0 radical (unpaired) electrons. The van der Waals surface area contributed by atoms with Crippen LogP contribution in [0.1, 0.15) is 44.2 Å². The molecule has 1 heterocycles. The van der Waals surface area contributed by atoms with Gasteiger partial charge in [-0.25, -0.2) is 0 Å². The van der Waals surface area contributed by atoms with E-state index in [9.17, 15) is 0 Å². The summed E-state index contributed by atoms with van der Waals surface area (Å²) in [5.74, 6) is 0.581. The summed E-state index contributed by atoms with van der Waals surface area (Å²) >= 11 is 0. The van der Waals surface area contributed by atoms with Crippen molar-refractivity contribution < 1.29 is 0 Å². The molecular formula is C18H25N3. The van der Waals surface area contributed by atoms with Gasteiger partial charge < -0.3 is 10.6 Å². The third-order valence-corrected chi connectivity index (χ3v) is 3.46. The van der Waals surface area contributed by atoms with Crippen LogP contribution in [0.3, 0.4) is 0 Å². The zero-order valence-corrected chi connectivity index (χ0v) is 13.2. The second kappa shape index (κ2) is 7.67. The summed E-state index contributed by atoms with van der Waals surface area (Å²) in [6.07, 6.45) is 4.83. The number of benzene rings is 1. The lowest BCUT2D eigenvalue weighted by molar-refractivity contribution is 0.865. The van der Waals surface area contributed by atoms with E-state index in [1.54, 1.807) is 0 Å². The molecule has 112 valence electrons. The number of rotatable bonds is 7. The van der Waals surface area contributed by atoms with Gasteiger partial charge >= 0.3 is 0 Å². The molecule has 0 aliphatic rings. The molecule has 0 bridgehead atoms. The Morgan fingerprint density at radius 2 is 1.67 bits per heavy atom. The van der Waals surface area contributed by atoms with Gasteiger partial charge in [-0.2, -0.15) is 0 Å². The number of nitrogens with one attached hydrogen (secondary N) is 2. The Morgan fingerprint density at radius 1 is 1.00 bits per heavy atom. The lowest BCUT2D eigenvalue weighted by Gasteiger charge is -2.10. The van der Waals surface area contributed by atoms with Gasteiger partial charge in [0.25, 0.3) is 0 Å². The van der Waals surface area contributed by atoms with Crippen LogP contribution in [-0.2, 0) is 6.54 Å². The van der Waals surface area contributed by atoms with Gasteiger partial charge in [0, 0.05) is 13.1 Å². The first kappa shape index (κ1) is 15.4. The predicted molar refractivity (Wildman–Crippen MR) is 90.9 cm³/mol. The van der Waals surface area contributed by atoms with Gasteiger partial charge in [-0.1, -0.05) is 45.0 Å². The molecule has 2 N–H and O–H groups in total. The van der Waals surface area contributed by atoms with Crippen LogP contribution >= 0.6 is 0 Å². The van der Waals surface area contributed by atoms with E-state index in [1.165, 1.54) is 11.1 Å². The Hall–Kier alpha value is -2.03. The summed E-state index contributed by atoms with van der Waals surface area (Å²) < 4.78 is 0. The average Bonchev–Trinajstić information content (AvgIpc) is 2.52. The Morgan fingerprint density at radius 3 is 2.29 bits per heavy atom. The summed E-state index contributed by atoms with van der Waals surface area (Å²) in [6.45, 7) is 8.38. The number of hydrogen-bond acceptors (Lipinski definition) is 3. The van der Waals surface area contributed by atoms with E-state index in [4.69, 9.17) is 0 Å². The molecule has 21 heavy (non-hydrogen) atoms. The van der Waals surface area contributed by atoms with Crippen LogP contribution in [0.4, 0.5) is 11.4 Å². The van der Waals surface area contributed by atoms with Crippen molar-refractivity contribution in [2.75, 3.05) is 17.2 Å². The molecule has 0 amide bonds. The second-order valence-corrected chi connectivity index (χ2v) is 5.64. The molecule has 0 saturated carbocycles. The first-order valence-corrected chi connectivity index (χ1v) is 7.70. The van der Waals surface area contributed by atoms with Crippen molar-refractivity contribution in [3.05, 3.63) is 53.9 Å². The van der Waals surface area contributed by atoms with Crippen LogP contribution in [0.15, 0.2) is 42.7 Å². The number of pyridine rings is 1. The Bertz CT molecular complexity index is 547. The molecule has 0 atom stereocenters. The molecular weight excluding hydrogens is 258 g/mol. The fourth-order valence-corrected chi connectivity index (χ4v) is 2.13. The van der Waals surface area contributed by atoms with E-state index in [-0.39, 0.29) is 0 Å². The molecule has 2 rings (SSSR count). The van der Waals surface area contributed by atoms with Crippen molar-refractivity contribution >= 4 is 11.4 Å². The van der Waals surface area contributed by atoms with Crippen molar-refractivity contribution in [3.63, 3.8) is 0 Å². The van der Waals surface area contributed by atoms with Crippen LogP contribution in [-0.4, -0.2) is 11.5 Å². The minimum atomic E-state index is 0.581. The molecule has 0 aliphatic carbocycles. The van der Waals surface area contributed by atoms with E-state index in [0.717, 1.165) is 30.9 Å². The Balaban J connectivity index is 1.93. The van der Waals surface area contributed by atoms with Gasteiger partial charge in [-0.05, 0) is 29.5 Å². The van der Waals surface area contributed by atoms with Crippen LogP contribution in [0.5, 0.6) is 0 Å². The molecule has 1 aromatic heterocycles. The van der Waals surface area contributed by atoms with Gasteiger partial charge in [0.15, 0.2) is 0 Å². The molecule has 0 fully saturated rings. The van der Waals surface area contributed by atoms with Gasteiger partial charge in [0.1, 0.15) is 0 Å². The third-order valence-electron chi connectivity index (χ3n) is 3.46. The molecule has 0 unspecified atom stereocenters. The lowest BCUT2D eigenvalue weighted by atomic mass is 10.0. The normalized spacial score (nSPS) is 10.7. The van der Waals surface area contributed by atoms with Gasteiger partial charge in [0.05, 0.1) is 23.8 Å². The van der Waals surface area contributed by atoms with Gasteiger partial charge in [-0.15, -0.1) is 0 Å². The SMILES string of the molecule is CCCNc1cncc(NCc2ccc(C(C)C)cc2)c1. The van der Waals surface area contributed by atoms with Crippen molar-refractivity contribution in [3.8, 4) is 0 Å². The van der Waals surface area contributed by atoms with E-state index in [1.807, 2.05) is 12.4 Å². The molecule has 0 saturated heterocycles. The third kappa shape index (κ3) is 4.78.